The third-order valence-corrected chi connectivity index (χ3v) is 4.15. The van der Waals surface area contributed by atoms with E-state index in [4.69, 9.17) is 0 Å². The summed E-state index contributed by atoms with van der Waals surface area (Å²) in [5.74, 6) is -0.216. The molecule has 0 saturated carbocycles. The van der Waals surface area contributed by atoms with Gasteiger partial charge in [0.15, 0.2) is 0 Å². The first-order valence-electron chi connectivity index (χ1n) is 7.74. The number of amides is 2. The molecule has 0 spiro atoms. The molecule has 1 aromatic rings. The molecule has 1 N–H and O–H groups in total. The van der Waals surface area contributed by atoms with Crippen LogP contribution in [0.15, 0.2) is 24.3 Å². The van der Waals surface area contributed by atoms with Gasteiger partial charge in [0.1, 0.15) is 0 Å². The number of carbonyl (C=O) groups is 2. The van der Waals surface area contributed by atoms with Crippen LogP contribution in [-0.2, 0) is 16.0 Å². The molecular formula is C17H24N2O2. The van der Waals surface area contributed by atoms with Crippen molar-refractivity contribution in [1.29, 1.82) is 0 Å². The van der Waals surface area contributed by atoms with Crippen LogP contribution in [0.4, 0.5) is 5.69 Å². The van der Waals surface area contributed by atoms with Crippen LogP contribution in [-0.4, -0.2) is 24.4 Å². The average Bonchev–Trinajstić information content (AvgIpc) is 2.89. The van der Waals surface area contributed by atoms with Crippen LogP contribution in [0.3, 0.4) is 0 Å². The number of aryl methyl sites for hydroxylation is 1. The van der Waals surface area contributed by atoms with Gasteiger partial charge >= 0.3 is 0 Å². The Labute approximate surface area is 126 Å². The van der Waals surface area contributed by atoms with E-state index in [-0.39, 0.29) is 23.8 Å². The molecule has 1 heterocycles. The third-order valence-electron chi connectivity index (χ3n) is 4.15. The van der Waals surface area contributed by atoms with Gasteiger partial charge in [-0.15, -0.1) is 0 Å². The van der Waals surface area contributed by atoms with Gasteiger partial charge in [-0.1, -0.05) is 26.0 Å². The maximum absolute atomic E-state index is 12.1. The Bertz CT molecular complexity index is 510. The van der Waals surface area contributed by atoms with Crippen molar-refractivity contribution in [2.45, 2.75) is 46.1 Å². The Balaban J connectivity index is 2.03. The van der Waals surface area contributed by atoms with Crippen LogP contribution in [0.2, 0.25) is 0 Å². The topological polar surface area (TPSA) is 49.4 Å². The van der Waals surface area contributed by atoms with E-state index in [9.17, 15) is 9.59 Å². The lowest BCUT2D eigenvalue weighted by atomic mass is 10.1. The fourth-order valence-corrected chi connectivity index (χ4v) is 2.51. The Morgan fingerprint density at radius 1 is 1.33 bits per heavy atom. The van der Waals surface area contributed by atoms with E-state index < -0.39 is 0 Å². The van der Waals surface area contributed by atoms with Crippen molar-refractivity contribution in [3.63, 3.8) is 0 Å². The van der Waals surface area contributed by atoms with E-state index in [1.165, 1.54) is 5.56 Å². The van der Waals surface area contributed by atoms with Crippen LogP contribution in [0.25, 0.3) is 0 Å². The van der Waals surface area contributed by atoms with Gasteiger partial charge in [-0.2, -0.15) is 0 Å². The molecule has 114 valence electrons. The summed E-state index contributed by atoms with van der Waals surface area (Å²) < 4.78 is 0. The number of benzene rings is 1. The van der Waals surface area contributed by atoms with Crippen molar-refractivity contribution < 1.29 is 9.59 Å². The molecule has 0 bridgehead atoms. The lowest BCUT2D eigenvalue weighted by Gasteiger charge is -2.18. The van der Waals surface area contributed by atoms with Gasteiger partial charge in [0.25, 0.3) is 0 Å². The highest BCUT2D eigenvalue weighted by Gasteiger charge is 2.35. The fourth-order valence-electron chi connectivity index (χ4n) is 2.51. The second-order valence-corrected chi connectivity index (χ2v) is 5.74. The molecule has 4 nitrogen and oxygen atoms in total. The largest absolute Gasteiger partial charge is 0.353 e. The van der Waals surface area contributed by atoms with E-state index in [0.717, 1.165) is 18.5 Å². The van der Waals surface area contributed by atoms with Crippen molar-refractivity contribution in [3.05, 3.63) is 29.8 Å². The molecule has 0 unspecified atom stereocenters. The first kappa shape index (κ1) is 15.5. The highest BCUT2D eigenvalue weighted by molar-refractivity contribution is 6.00. The normalized spacial score (nSPS) is 19.7. The van der Waals surface area contributed by atoms with Crippen LogP contribution in [0.1, 0.15) is 39.2 Å². The zero-order valence-corrected chi connectivity index (χ0v) is 13.1. The van der Waals surface area contributed by atoms with Crippen molar-refractivity contribution >= 4 is 17.5 Å². The highest BCUT2D eigenvalue weighted by Crippen LogP contribution is 2.25. The smallest absolute Gasteiger partial charge is 0.227 e. The first-order valence-corrected chi connectivity index (χ1v) is 7.74. The number of anilines is 1. The van der Waals surface area contributed by atoms with Gasteiger partial charge in [0.2, 0.25) is 11.8 Å². The molecule has 1 aliphatic heterocycles. The van der Waals surface area contributed by atoms with E-state index in [2.05, 4.69) is 12.2 Å². The molecule has 1 saturated heterocycles. The van der Waals surface area contributed by atoms with E-state index >= 15 is 0 Å². The van der Waals surface area contributed by atoms with Gasteiger partial charge in [0.05, 0.1) is 5.92 Å². The number of nitrogens with zero attached hydrogens (tertiary/aromatic N) is 1. The third kappa shape index (κ3) is 3.63. The van der Waals surface area contributed by atoms with Crippen molar-refractivity contribution in [1.82, 2.24) is 5.32 Å². The Morgan fingerprint density at radius 2 is 2.00 bits per heavy atom. The van der Waals surface area contributed by atoms with Crippen molar-refractivity contribution in [2.75, 3.05) is 11.4 Å². The van der Waals surface area contributed by atoms with E-state index in [1.54, 1.807) is 4.90 Å². The van der Waals surface area contributed by atoms with E-state index in [1.807, 2.05) is 38.1 Å². The molecule has 0 aromatic heterocycles. The average molecular weight is 288 g/mol. The summed E-state index contributed by atoms with van der Waals surface area (Å²) in [7, 11) is 0. The summed E-state index contributed by atoms with van der Waals surface area (Å²) in [4.78, 5) is 26.0. The van der Waals surface area contributed by atoms with E-state index in [0.29, 0.717) is 13.0 Å². The number of nitrogens with one attached hydrogen (secondary N) is 1. The summed E-state index contributed by atoms with van der Waals surface area (Å²) in [6, 6.07) is 8.16. The zero-order valence-electron chi connectivity index (χ0n) is 13.1. The summed E-state index contributed by atoms with van der Waals surface area (Å²) in [5, 5.41) is 2.96. The van der Waals surface area contributed by atoms with Crippen molar-refractivity contribution in [2.24, 2.45) is 5.92 Å². The Hall–Kier alpha value is -1.84. The Morgan fingerprint density at radius 3 is 2.57 bits per heavy atom. The SMILES string of the molecule is CCc1ccc(N2C[C@@H](C(=O)N[C@H](C)CC)CC2=O)cc1. The highest BCUT2D eigenvalue weighted by atomic mass is 16.2. The number of hydrogen-bond acceptors (Lipinski definition) is 2. The number of carbonyl (C=O) groups excluding carboxylic acids is 2. The molecule has 2 rings (SSSR count). The first-order chi connectivity index (χ1) is 10.0. The van der Waals surface area contributed by atoms with Crippen molar-refractivity contribution in [3.8, 4) is 0 Å². The molecule has 2 atom stereocenters. The molecule has 1 aliphatic rings. The molecule has 4 heteroatoms. The molecular weight excluding hydrogens is 264 g/mol. The second kappa shape index (κ2) is 6.74. The molecule has 0 aliphatic carbocycles. The van der Waals surface area contributed by atoms with Gasteiger partial charge in [-0.3, -0.25) is 9.59 Å². The summed E-state index contributed by atoms with van der Waals surface area (Å²) in [6.07, 6.45) is 2.18. The predicted octanol–water partition coefficient (Wildman–Crippen LogP) is 2.52. The quantitative estimate of drug-likeness (QED) is 0.905. The molecule has 1 fully saturated rings. The van der Waals surface area contributed by atoms with Crippen LogP contribution in [0.5, 0.6) is 0 Å². The Kier molecular flexibility index (Phi) is 4.99. The maximum atomic E-state index is 12.1. The lowest BCUT2D eigenvalue weighted by molar-refractivity contribution is -0.126. The number of hydrogen-bond donors (Lipinski definition) is 1. The fraction of sp³-hybridized carbons (Fsp3) is 0.529. The van der Waals surface area contributed by atoms with Crippen LogP contribution in [0, 0.1) is 5.92 Å². The van der Waals surface area contributed by atoms with Gasteiger partial charge in [-0.25, -0.2) is 0 Å². The molecule has 0 radical (unpaired) electrons. The van der Waals surface area contributed by atoms with Gasteiger partial charge < -0.3 is 10.2 Å². The minimum Gasteiger partial charge on any atom is -0.353 e. The standard InChI is InChI=1S/C17H24N2O2/c1-4-12(3)18-17(21)14-10-16(20)19(11-14)15-8-6-13(5-2)7-9-15/h6-9,12,14H,4-5,10-11H2,1-3H3,(H,18,21)/t12-,14+/m1/s1. The lowest BCUT2D eigenvalue weighted by Crippen LogP contribution is -2.38. The zero-order chi connectivity index (χ0) is 15.4. The summed E-state index contributed by atoms with van der Waals surface area (Å²) >= 11 is 0. The van der Waals surface area contributed by atoms with Gasteiger partial charge in [0, 0.05) is 24.7 Å². The van der Waals surface area contributed by atoms with Crippen LogP contribution >= 0.6 is 0 Å². The van der Waals surface area contributed by atoms with Crippen LogP contribution < -0.4 is 10.2 Å². The predicted molar refractivity (Wildman–Crippen MR) is 84.2 cm³/mol. The molecule has 1 aromatic carbocycles. The van der Waals surface area contributed by atoms with Gasteiger partial charge in [-0.05, 0) is 37.5 Å². The molecule has 21 heavy (non-hydrogen) atoms. The minimum atomic E-state index is -0.239. The molecule has 2 amide bonds. The maximum Gasteiger partial charge on any atom is 0.227 e. The summed E-state index contributed by atoms with van der Waals surface area (Å²) in [6.45, 7) is 6.60. The minimum absolute atomic E-state index is 0.00891. The summed E-state index contributed by atoms with van der Waals surface area (Å²) in [5.41, 5.74) is 2.13. The number of rotatable bonds is 5. The monoisotopic (exact) mass is 288 g/mol. The second-order valence-electron chi connectivity index (χ2n) is 5.74.